The van der Waals surface area contributed by atoms with Crippen LogP contribution in [-0.4, -0.2) is 20.9 Å². The molecule has 0 spiro atoms. The maximum absolute atomic E-state index is 10.6. The summed E-state index contributed by atoms with van der Waals surface area (Å²) in [7, 11) is -2.77. The molecule has 1 aliphatic heterocycles. The van der Waals surface area contributed by atoms with Gasteiger partial charge >= 0.3 is 0 Å². The number of nitrogens with one attached hydrogen (secondary N) is 1. The smallest absolute Gasteiger partial charge is 0.0641 e. The third-order valence-corrected chi connectivity index (χ3v) is 5.91. The lowest BCUT2D eigenvalue weighted by atomic mass is 9.97. The first-order valence-electron chi connectivity index (χ1n) is 7.18. The van der Waals surface area contributed by atoms with Gasteiger partial charge in [0.05, 0.1) is 16.7 Å². The highest BCUT2D eigenvalue weighted by Crippen LogP contribution is 2.53. The highest BCUT2D eigenvalue weighted by molar-refractivity contribution is 8.24. The first-order valence-corrected chi connectivity index (χ1v) is 8.90. The molecule has 0 saturated carbocycles. The Balaban J connectivity index is 2.14. The van der Waals surface area contributed by atoms with Crippen molar-refractivity contribution in [1.29, 1.82) is 0 Å². The summed E-state index contributed by atoms with van der Waals surface area (Å²) < 4.78 is 21.1. The van der Waals surface area contributed by atoms with Gasteiger partial charge in [0.2, 0.25) is 0 Å². The molecule has 0 aliphatic carbocycles. The zero-order valence-corrected chi connectivity index (χ0v) is 12.8. The summed E-state index contributed by atoms with van der Waals surface area (Å²) in [6.45, 7) is 2.07. The number of hydrogen-bond donors (Lipinski definition) is 3. The van der Waals surface area contributed by atoms with Crippen LogP contribution in [0.3, 0.4) is 0 Å². The van der Waals surface area contributed by atoms with Crippen LogP contribution in [0.4, 0.5) is 0 Å². The van der Waals surface area contributed by atoms with Crippen LogP contribution in [0, 0.1) is 6.07 Å². The van der Waals surface area contributed by atoms with Gasteiger partial charge in [0.25, 0.3) is 0 Å². The minimum atomic E-state index is -2.77. The first kappa shape index (κ1) is 14.6. The van der Waals surface area contributed by atoms with E-state index in [1.165, 1.54) is 0 Å². The molecule has 1 heterocycles. The highest BCUT2D eigenvalue weighted by Gasteiger charge is 2.32. The molecule has 0 fully saturated rings. The van der Waals surface area contributed by atoms with E-state index < -0.39 is 10.6 Å². The number of benzene rings is 2. The van der Waals surface area contributed by atoms with Gasteiger partial charge in [-0.25, -0.2) is 0 Å². The Morgan fingerprint density at radius 2 is 2.00 bits per heavy atom. The third kappa shape index (κ3) is 2.85. The van der Waals surface area contributed by atoms with E-state index in [4.69, 9.17) is 0 Å². The molecule has 2 atom stereocenters. The van der Waals surface area contributed by atoms with Crippen LogP contribution in [0.2, 0.25) is 0 Å². The van der Waals surface area contributed by atoms with E-state index in [0.29, 0.717) is 10.6 Å². The molecule has 0 aromatic heterocycles. The van der Waals surface area contributed by atoms with E-state index in [2.05, 4.69) is 30.4 Å². The summed E-state index contributed by atoms with van der Waals surface area (Å²) >= 11 is 0. The van der Waals surface area contributed by atoms with Gasteiger partial charge in [0, 0.05) is 6.04 Å². The average molecular weight is 302 g/mol. The summed E-state index contributed by atoms with van der Waals surface area (Å²) in [5.41, 5.74) is 2.08. The van der Waals surface area contributed by atoms with Crippen molar-refractivity contribution < 1.29 is 9.11 Å². The van der Waals surface area contributed by atoms with Crippen molar-refractivity contribution >= 4 is 10.6 Å². The van der Waals surface area contributed by atoms with Gasteiger partial charge in [0.15, 0.2) is 0 Å². The lowest BCUT2D eigenvalue weighted by molar-refractivity contribution is 0.460. The molecule has 0 amide bonds. The van der Waals surface area contributed by atoms with Crippen molar-refractivity contribution in [3.8, 4) is 0 Å². The van der Waals surface area contributed by atoms with Crippen LogP contribution < -0.4 is 5.32 Å². The van der Waals surface area contributed by atoms with E-state index in [-0.39, 0.29) is 12.1 Å². The first-order chi connectivity index (χ1) is 10.1. The molecular weight excluding hydrogens is 282 g/mol. The minimum Gasteiger partial charge on any atom is -0.302 e. The molecule has 2 unspecified atom stereocenters. The van der Waals surface area contributed by atoms with Gasteiger partial charge in [-0.15, -0.1) is 0 Å². The zero-order valence-electron chi connectivity index (χ0n) is 12.0. The van der Waals surface area contributed by atoms with Crippen LogP contribution in [0.1, 0.15) is 30.5 Å². The molecule has 21 heavy (non-hydrogen) atoms. The maximum atomic E-state index is 10.6. The molecular formula is C17H20NO2S. The summed E-state index contributed by atoms with van der Waals surface area (Å²) in [4.78, 5) is 0.627. The van der Waals surface area contributed by atoms with Gasteiger partial charge in [-0.2, -0.15) is 10.6 Å². The molecule has 2 aromatic carbocycles. The van der Waals surface area contributed by atoms with E-state index in [9.17, 15) is 9.11 Å². The molecule has 4 heteroatoms. The average Bonchev–Trinajstić information content (AvgIpc) is 2.63. The molecule has 0 bridgehead atoms. The number of fused-ring (bicyclic) bond motifs is 1. The monoisotopic (exact) mass is 302 g/mol. The topological polar surface area (TPSA) is 52.5 Å². The Morgan fingerprint density at radius 1 is 1.24 bits per heavy atom. The summed E-state index contributed by atoms with van der Waals surface area (Å²) in [5, 5.41) is 3.58. The standard InChI is InChI=1S/C17H20NO2S/c1-2-14-12-21(19,20)16-11-7-6-10-15(16)17(18-14)13-8-4-3-5-9-13/h3-6,8-11,14,17-20H,2,12H2,1H3. The van der Waals surface area contributed by atoms with Gasteiger partial charge in [-0.1, -0.05) is 49.4 Å². The molecule has 1 radical (unpaired) electrons. The Hall–Kier alpha value is -1.33. The van der Waals surface area contributed by atoms with Crippen molar-refractivity contribution in [3.05, 3.63) is 65.7 Å². The van der Waals surface area contributed by atoms with Crippen LogP contribution in [0.15, 0.2) is 53.4 Å². The second-order valence-corrected chi connectivity index (χ2v) is 7.52. The lowest BCUT2D eigenvalue weighted by Gasteiger charge is -2.34. The fraction of sp³-hybridized carbons (Fsp3) is 0.294. The Kier molecular flexibility index (Phi) is 4.04. The van der Waals surface area contributed by atoms with Crippen molar-refractivity contribution in [1.82, 2.24) is 5.32 Å². The van der Waals surface area contributed by atoms with E-state index in [1.807, 2.05) is 30.3 Å². The van der Waals surface area contributed by atoms with Gasteiger partial charge in [-0.3, -0.25) is 9.11 Å². The van der Waals surface area contributed by atoms with Gasteiger partial charge in [-0.05, 0) is 29.7 Å². The van der Waals surface area contributed by atoms with Crippen LogP contribution >= 0.6 is 10.6 Å². The Labute approximate surface area is 127 Å². The van der Waals surface area contributed by atoms with Crippen molar-refractivity contribution in [2.45, 2.75) is 30.3 Å². The normalized spacial score (nSPS) is 25.7. The Bertz CT molecular complexity index is 615. The summed E-state index contributed by atoms with van der Waals surface area (Å²) in [5.74, 6) is 0.359. The molecule has 3 N–H and O–H groups in total. The second kappa shape index (κ2) is 5.81. The van der Waals surface area contributed by atoms with Crippen LogP contribution in [-0.2, 0) is 0 Å². The molecule has 2 aromatic rings. The second-order valence-electron chi connectivity index (χ2n) is 5.41. The predicted octanol–water partition coefficient (Wildman–Crippen LogP) is 4.07. The molecule has 0 saturated heterocycles. The van der Waals surface area contributed by atoms with Crippen molar-refractivity contribution in [3.63, 3.8) is 0 Å². The quantitative estimate of drug-likeness (QED) is 0.784. The van der Waals surface area contributed by atoms with Crippen LogP contribution in [0.5, 0.6) is 0 Å². The molecule has 1 aliphatic rings. The summed E-state index contributed by atoms with van der Waals surface area (Å²) in [6.07, 6.45) is 0.858. The number of rotatable bonds is 2. The number of hydrogen-bond acceptors (Lipinski definition) is 3. The van der Waals surface area contributed by atoms with E-state index >= 15 is 0 Å². The summed E-state index contributed by atoms with van der Waals surface area (Å²) in [6, 6.07) is 18.7. The minimum absolute atomic E-state index is 0.0191. The third-order valence-electron chi connectivity index (χ3n) is 3.98. The fourth-order valence-electron chi connectivity index (χ4n) is 2.85. The largest absolute Gasteiger partial charge is 0.302 e. The lowest BCUT2D eigenvalue weighted by Crippen LogP contribution is -2.34. The van der Waals surface area contributed by atoms with E-state index in [1.54, 1.807) is 6.07 Å². The SMILES string of the molecule is CCC1CS(O)(O)c2c[c]ccc2C(c2ccccc2)N1. The van der Waals surface area contributed by atoms with E-state index in [0.717, 1.165) is 17.5 Å². The fourth-order valence-corrected chi connectivity index (χ4v) is 4.74. The molecule has 111 valence electrons. The molecule has 3 nitrogen and oxygen atoms in total. The maximum Gasteiger partial charge on any atom is 0.0641 e. The zero-order chi connectivity index (χ0) is 14.9. The van der Waals surface area contributed by atoms with Crippen molar-refractivity contribution in [2.75, 3.05) is 5.75 Å². The highest BCUT2D eigenvalue weighted by atomic mass is 32.3. The van der Waals surface area contributed by atoms with Crippen LogP contribution in [0.25, 0.3) is 0 Å². The van der Waals surface area contributed by atoms with Crippen molar-refractivity contribution in [2.24, 2.45) is 0 Å². The van der Waals surface area contributed by atoms with Gasteiger partial charge < -0.3 is 5.32 Å². The van der Waals surface area contributed by atoms with Gasteiger partial charge in [0.1, 0.15) is 0 Å². The Morgan fingerprint density at radius 3 is 2.71 bits per heavy atom. The molecule has 3 rings (SSSR count). The predicted molar refractivity (Wildman–Crippen MR) is 86.8 cm³/mol.